The van der Waals surface area contributed by atoms with Gasteiger partial charge in [-0.1, -0.05) is 23.7 Å². The lowest BCUT2D eigenvalue weighted by Gasteiger charge is -2.03. The summed E-state index contributed by atoms with van der Waals surface area (Å²) in [6.07, 6.45) is 3.19. The molecule has 0 atom stereocenters. The molecule has 4 aromatic rings. The minimum absolute atomic E-state index is 0.243. The molecule has 150 valence electrons. The summed E-state index contributed by atoms with van der Waals surface area (Å²) < 4.78 is 11.9. The van der Waals surface area contributed by atoms with Gasteiger partial charge in [0.15, 0.2) is 5.58 Å². The fourth-order valence-corrected chi connectivity index (χ4v) is 3.52. The maximum Gasteiger partial charge on any atom is 0.248 e. The first-order valence-electron chi connectivity index (χ1n) is 9.01. The molecule has 7 heteroatoms. The van der Waals surface area contributed by atoms with Crippen molar-refractivity contribution in [2.24, 2.45) is 0 Å². The van der Waals surface area contributed by atoms with Crippen molar-refractivity contribution in [3.05, 3.63) is 81.8 Å². The number of carbonyl (C=O) groups is 1. The Bertz CT molecular complexity index is 1250. The average Bonchev–Trinajstić information content (AvgIpc) is 3.17. The first kappa shape index (κ1) is 20.2. The highest BCUT2D eigenvalue weighted by Gasteiger charge is 2.11. The van der Waals surface area contributed by atoms with Gasteiger partial charge >= 0.3 is 0 Å². The maximum absolute atomic E-state index is 12.2. The smallest absolute Gasteiger partial charge is 0.248 e. The van der Waals surface area contributed by atoms with Crippen LogP contribution < -0.4 is 10.1 Å². The Labute approximate surface area is 186 Å². The summed E-state index contributed by atoms with van der Waals surface area (Å²) >= 11 is 9.33. The Morgan fingerprint density at radius 2 is 1.93 bits per heavy atom. The molecule has 30 heavy (non-hydrogen) atoms. The summed E-state index contributed by atoms with van der Waals surface area (Å²) in [5.41, 5.74) is 3.61. The SMILES string of the molecule is COc1ccc(-c2nc3cc(NC(=O)/C=C/c4ccc(Cl)cc4)ccc3o2)cc1Br. The number of hydrogen-bond acceptors (Lipinski definition) is 4. The molecule has 0 aliphatic carbocycles. The molecule has 0 aliphatic rings. The third-order valence-electron chi connectivity index (χ3n) is 4.35. The third-order valence-corrected chi connectivity index (χ3v) is 5.22. The quantitative estimate of drug-likeness (QED) is 0.326. The number of ether oxygens (including phenoxy) is 1. The van der Waals surface area contributed by atoms with Gasteiger partial charge < -0.3 is 14.5 Å². The second-order valence-electron chi connectivity index (χ2n) is 6.42. The molecule has 1 N–H and O–H groups in total. The summed E-state index contributed by atoms with van der Waals surface area (Å²) in [5.74, 6) is 0.970. The van der Waals surface area contributed by atoms with Crippen LogP contribution in [0.5, 0.6) is 5.75 Å². The van der Waals surface area contributed by atoms with Crippen molar-refractivity contribution in [1.82, 2.24) is 4.98 Å². The highest BCUT2D eigenvalue weighted by atomic mass is 79.9. The molecule has 0 fully saturated rings. The number of rotatable bonds is 5. The largest absolute Gasteiger partial charge is 0.496 e. The molecule has 0 unspecified atom stereocenters. The van der Waals surface area contributed by atoms with E-state index in [0.717, 1.165) is 21.3 Å². The summed E-state index contributed by atoms with van der Waals surface area (Å²) in [5, 5.41) is 3.48. The van der Waals surface area contributed by atoms with Gasteiger partial charge in [-0.3, -0.25) is 4.79 Å². The van der Waals surface area contributed by atoms with E-state index < -0.39 is 0 Å². The number of nitrogens with zero attached hydrogens (tertiary/aromatic N) is 1. The zero-order valence-electron chi connectivity index (χ0n) is 15.9. The van der Waals surface area contributed by atoms with E-state index in [-0.39, 0.29) is 5.91 Å². The van der Waals surface area contributed by atoms with Gasteiger partial charge in [-0.05, 0) is 76.1 Å². The van der Waals surface area contributed by atoms with Crippen LogP contribution >= 0.6 is 27.5 Å². The fraction of sp³-hybridized carbons (Fsp3) is 0.0435. The van der Waals surface area contributed by atoms with Crippen molar-refractivity contribution in [1.29, 1.82) is 0 Å². The van der Waals surface area contributed by atoms with Gasteiger partial charge in [-0.15, -0.1) is 0 Å². The molecule has 4 rings (SSSR count). The van der Waals surface area contributed by atoms with Crippen molar-refractivity contribution in [3.63, 3.8) is 0 Å². The number of halogens is 2. The second-order valence-corrected chi connectivity index (χ2v) is 7.72. The van der Waals surface area contributed by atoms with E-state index in [1.807, 2.05) is 30.3 Å². The van der Waals surface area contributed by atoms with Crippen molar-refractivity contribution >= 4 is 56.3 Å². The Morgan fingerprint density at radius 3 is 2.67 bits per heavy atom. The van der Waals surface area contributed by atoms with Gasteiger partial charge in [0.2, 0.25) is 11.8 Å². The fourth-order valence-electron chi connectivity index (χ4n) is 2.86. The molecule has 0 aliphatic heterocycles. The molecule has 0 saturated carbocycles. The van der Waals surface area contributed by atoms with E-state index in [4.69, 9.17) is 20.8 Å². The maximum atomic E-state index is 12.2. The molecule has 1 aromatic heterocycles. The van der Waals surface area contributed by atoms with Crippen LogP contribution in [-0.2, 0) is 4.79 Å². The van der Waals surface area contributed by atoms with E-state index in [1.54, 1.807) is 43.5 Å². The molecule has 0 radical (unpaired) electrons. The van der Waals surface area contributed by atoms with Gasteiger partial charge in [0.05, 0.1) is 11.6 Å². The molecular formula is C23H16BrClN2O3. The predicted molar refractivity (Wildman–Crippen MR) is 123 cm³/mol. The highest BCUT2D eigenvalue weighted by molar-refractivity contribution is 9.10. The Morgan fingerprint density at radius 1 is 1.13 bits per heavy atom. The third kappa shape index (κ3) is 4.56. The Balaban J connectivity index is 1.51. The van der Waals surface area contributed by atoms with Crippen molar-refractivity contribution in [3.8, 4) is 17.2 Å². The monoisotopic (exact) mass is 482 g/mol. The lowest BCUT2D eigenvalue weighted by Crippen LogP contribution is -2.07. The van der Waals surface area contributed by atoms with Crippen LogP contribution in [0.4, 0.5) is 5.69 Å². The van der Waals surface area contributed by atoms with Crippen LogP contribution in [0.2, 0.25) is 5.02 Å². The zero-order valence-corrected chi connectivity index (χ0v) is 18.2. The van der Waals surface area contributed by atoms with Crippen molar-refractivity contribution < 1.29 is 13.9 Å². The Hall–Kier alpha value is -3.09. The molecule has 1 amide bonds. The summed E-state index contributed by atoms with van der Waals surface area (Å²) in [6, 6.07) is 18.2. The molecule has 0 spiro atoms. The first-order chi connectivity index (χ1) is 14.5. The Kier molecular flexibility index (Phi) is 5.88. The molecule has 0 bridgehead atoms. The highest BCUT2D eigenvalue weighted by Crippen LogP contribution is 2.32. The van der Waals surface area contributed by atoms with Crippen molar-refractivity contribution in [2.75, 3.05) is 12.4 Å². The van der Waals surface area contributed by atoms with Crippen LogP contribution in [0.25, 0.3) is 28.6 Å². The van der Waals surface area contributed by atoms with E-state index >= 15 is 0 Å². The predicted octanol–water partition coefficient (Wildman–Crippen LogP) is 6.57. The van der Waals surface area contributed by atoms with Gasteiger partial charge in [-0.25, -0.2) is 4.98 Å². The normalized spacial score (nSPS) is 11.2. The number of aromatic nitrogens is 1. The first-order valence-corrected chi connectivity index (χ1v) is 10.2. The van der Waals surface area contributed by atoms with Crippen LogP contribution in [0.3, 0.4) is 0 Å². The number of nitrogens with one attached hydrogen (secondary N) is 1. The lowest BCUT2D eigenvalue weighted by molar-refractivity contribution is -0.111. The standard InChI is InChI=1S/C23H16BrClN2O3/c1-29-20-9-5-15(12-18(20)24)23-27-19-13-17(8-10-21(19)30-23)26-22(28)11-4-14-2-6-16(25)7-3-14/h2-13H,1H3,(H,26,28)/b11-4+. The molecule has 5 nitrogen and oxygen atoms in total. The molecule has 3 aromatic carbocycles. The number of oxazole rings is 1. The molecule has 1 heterocycles. The average molecular weight is 484 g/mol. The number of fused-ring (bicyclic) bond motifs is 1. The van der Waals surface area contributed by atoms with Gasteiger partial charge in [0.1, 0.15) is 11.3 Å². The van der Waals surface area contributed by atoms with E-state index in [2.05, 4.69) is 26.2 Å². The van der Waals surface area contributed by atoms with E-state index in [0.29, 0.717) is 27.7 Å². The minimum atomic E-state index is -0.243. The summed E-state index contributed by atoms with van der Waals surface area (Å²) in [4.78, 5) is 16.8. The molecule has 0 saturated heterocycles. The van der Waals surface area contributed by atoms with Crippen molar-refractivity contribution in [2.45, 2.75) is 0 Å². The zero-order chi connectivity index (χ0) is 21.1. The summed E-state index contributed by atoms with van der Waals surface area (Å²) in [6.45, 7) is 0. The number of amides is 1. The topological polar surface area (TPSA) is 64.4 Å². The van der Waals surface area contributed by atoms with Crippen LogP contribution in [0.1, 0.15) is 5.56 Å². The van der Waals surface area contributed by atoms with Crippen LogP contribution in [0, 0.1) is 0 Å². The number of methoxy groups -OCH3 is 1. The van der Waals surface area contributed by atoms with Gasteiger partial charge in [0.25, 0.3) is 0 Å². The number of benzene rings is 3. The summed E-state index contributed by atoms with van der Waals surface area (Å²) in [7, 11) is 1.61. The molecular weight excluding hydrogens is 468 g/mol. The number of carbonyl (C=O) groups excluding carboxylic acids is 1. The van der Waals surface area contributed by atoms with Crippen LogP contribution in [-0.4, -0.2) is 18.0 Å². The van der Waals surface area contributed by atoms with Gasteiger partial charge in [-0.2, -0.15) is 0 Å². The van der Waals surface area contributed by atoms with Crippen LogP contribution in [0.15, 0.2) is 75.6 Å². The lowest BCUT2D eigenvalue weighted by atomic mass is 10.2. The van der Waals surface area contributed by atoms with E-state index in [1.165, 1.54) is 6.08 Å². The van der Waals surface area contributed by atoms with Gasteiger partial charge in [0, 0.05) is 22.3 Å². The number of hydrogen-bond donors (Lipinski definition) is 1. The minimum Gasteiger partial charge on any atom is -0.496 e. The van der Waals surface area contributed by atoms with E-state index in [9.17, 15) is 4.79 Å². The number of anilines is 1. The second kappa shape index (κ2) is 8.73.